The maximum Gasteiger partial charge on any atom is 0.141 e. The van der Waals surface area contributed by atoms with Gasteiger partial charge in [-0.1, -0.05) is 26.7 Å². The first-order chi connectivity index (χ1) is 8.51. The third kappa shape index (κ3) is 3.67. The Labute approximate surface area is 118 Å². The minimum atomic E-state index is 0.150. The highest BCUT2D eigenvalue weighted by Gasteiger charge is 2.19. The van der Waals surface area contributed by atoms with Crippen molar-refractivity contribution in [2.24, 2.45) is 5.92 Å². The minimum absolute atomic E-state index is 0.150. The Kier molecular flexibility index (Phi) is 6.06. The fourth-order valence-corrected chi connectivity index (χ4v) is 2.47. The molecule has 1 unspecified atom stereocenters. The fourth-order valence-electron chi connectivity index (χ4n) is 2.05. The average Bonchev–Trinajstić information content (AvgIpc) is 2.63. The second-order valence-electron chi connectivity index (χ2n) is 4.85. The van der Waals surface area contributed by atoms with Crippen LogP contribution in [0.1, 0.15) is 51.4 Å². The summed E-state index contributed by atoms with van der Waals surface area (Å²) in [7, 11) is 0. The Morgan fingerprint density at radius 2 is 2.11 bits per heavy atom. The van der Waals surface area contributed by atoms with Crippen molar-refractivity contribution < 1.29 is 4.79 Å². The fraction of sp³-hybridized carbons (Fsp3) is 0.714. The van der Waals surface area contributed by atoms with Gasteiger partial charge >= 0.3 is 0 Å². The smallest absolute Gasteiger partial charge is 0.141 e. The van der Waals surface area contributed by atoms with Crippen molar-refractivity contribution in [3.63, 3.8) is 0 Å². The van der Waals surface area contributed by atoms with E-state index in [9.17, 15) is 4.79 Å². The first-order valence-electron chi connectivity index (χ1n) is 6.75. The van der Waals surface area contributed by atoms with E-state index in [1.807, 2.05) is 25.5 Å². The molecular formula is C14H23BrN2O. The lowest BCUT2D eigenvalue weighted by atomic mass is 9.96. The molecule has 0 aromatic carbocycles. The Morgan fingerprint density at radius 3 is 2.67 bits per heavy atom. The van der Waals surface area contributed by atoms with E-state index in [0.717, 1.165) is 41.7 Å². The van der Waals surface area contributed by atoms with Crippen LogP contribution in [0.4, 0.5) is 0 Å². The van der Waals surface area contributed by atoms with Crippen LogP contribution >= 0.6 is 15.9 Å². The van der Waals surface area contributed by atoms with Crippen LogP contribution < -0.4 is 0 Å². The molecule has 4 heteroatoms. The topological polar surface area (TPSA) is 34.9 Å². The number of unbranched alkanes of at least 4 members (excludes halogenated alkanes) is 1. The maximum atomic E-state index is 12.2. The standard InChI is InChI=1S/C14H23BrN2O/c1-5-7-8-10(3)13(18)9-12-14(15)11(4)16-17(12)6-2/h10H,5-9H2,1-4H3. The van der Waals surface area contributed by atoms with E-state index in [1.54, 1.807) is 0 Å². The van der Waals surface area contributed by atoms with Crippen LogP contribution in [0.5, 0.6) is 0 Å². The third-order valence-electron chi connectivity index (χ3n) is 3.33. The predicted molar refractivity (Wildman–Crippen MR) is 77.7 cm³/mol. The van der Waals surface area contributed by atoms with Crippen molar-refractivity contribution in [3.8, 4) is 0 Å². The number of carbonyl (C=O) groups excluding carboxylic acids is 1. The molecule has 0 N–H and O–H groups in total. The minimum Gasteiger partial charge on any atom is -0.299 e. The average molecular weight is 315 g/mol. The van der Waals surface area contributed by atoms with E-state index in [0.29, 0.717) is 12.2 Å². The third-order valence-corrected chi connectivity index (χ3v) is 4.37. The Hall–Kier alpha value is -0.640. The summed E-state index contributed by atoms with van der Waals surface area (Å²) in [6.07, 6.45) is 3.75. The van der Waals surface area contributed by atoms with Gasteiger partial charge in [0, 0.05) is 18.9 Å². The molecule has 0 aliphatic heterocycles. The van der Waals surface area contributed by atoms with Crippen molar-refractivity contribution in [3.05, 3.63) is 15.9 Å². The summed E-state index contributed by atoms with van der Waals surface area (Å²) in [5.74, 6) is 0.469. The van der Waals surface area contributed by atoms with Crippen molar-refractivity contribution in [2.45, 2.75) is 59.9 Å². The Morgan fingerprint density at radius 1 is 1.44 bits per heavy atom. The molecule has 1 aromatic rings. The summed E-state index contributed by atoms with van der Waals surface area (Å²) in [5, 5.41) is 4.42. The zero-order chi connectivity index (χ0) is 13.7. The van der Waals surface area contributed by atoms with Gasteiger partial charge in [-0.2, -0.15) is 5.10 Å². The van der Waals surface area contributed by atoms with E-state index in [1.165, 1.54) is 0 Å². The molecule has 0 saturated heterocycles. The lowest BCUT2D eigenvalue weighted by molar-refractivity contribution is -0.122. The van der Waals surface area contributed by atoms with Gasteiger partial charge in [-0.25, -0.2) is 0 Å². The van der Waals surface area contributed by atoms with E-state index >= 15 is 0 Å². The summed E-state index contributed by atoms with van der Waals surface area (Å²) < 4.78 is 2.91. The van der Waals surface area contributed by atoms with Gasteiger partial charge in [0.2, 0.25) is 0 Å². The molecule has 1 heterocycles. The molecule has 1 atom stereocenters. The normalized spacial score (nSPS) is 12.7. The lowest BCUT2D eigenvalue weighted by Gasteiger charge is -2.11. The van der Waals surface area contributed by atoms with Crippen molar-refractivity contribution in [1.82, 2.24) is 9.78 Å². The summed E-state index contributed by atoms with van der Waals surface area (Å²) in [5.41, 5.74) is 1.98. The van der Waals surface area contributed by atoms with Gasteiger partial charge in [0.05, 0.1) is 15.9 Å². The van der Waals surface area contributed by atoms with Crippen LogP contribution in [0.3, 0.4) is 0 Å². The van der Waals surface area contributed by atoms with Gasteiger partial charge in [-0.3, -0.25) is 9.48 Å². The van der Waals surface area contributed by atoms with Gasteiger partial charge in [-0.15, -0.1) is 0 Å². The highest BCUT2D eigenvalue weighted by molar-refractivity contribution is 9.10. The SMILES string of the molecule is CCCCC(C)C(=O)Cc1c(Br)c(C)nn1CC. The highest BCUT2D eigenvalue weighted by Crippen LogP contribution is 2.23. The molecule has 102 valence electrons. The number of ketones is 1. The number of carbonyl (C=O) groups is 1. The number of aryl methyl sites for hydroxylation is 2. The molecule has 1 rings (SSSR count). The number of halogens is 1. The quantitative estimate of drug-likeness (QED) is 0.764. The van der Waals surface area contributed by atoms with Crippen LogP contribution in [0, 0.1) is 12.8 Å². The molecular weight excluding hydrogens is 292 g/mol. The summed E-state index contributed by atoms with van der Waals surface area (Å²) in [6, 6.07) is 0. The number of Topliss-reactive ketones (excluding diaryl/α,β-unsaturated/α-hetero) is 1. The summed E-state index contributed by atoms with van der Waals surface area (Å²) in [6.45, 7) is 9.01. The Balaban J connectivity index is 2.75. The highest BCUT2D eigenvalue weighted by atomic mass is 79.9. The zero-order valence-electron chi connectivity index (χ0n) is 11.8. The van der Waals surface area contributed by atoms with Gasteiger partial charge in [0.25, 0.3) is 0 Å². The van der Waals surface area contributed by atoms with Crippen LogP contribution in [0.25, 0.3) is 0 Å². The van der Waals surface area contributed by atoms with Crippen LogP contribution in [-0.2, 0) is 17.8 Å². The predicted octanol–water partition coefficient (Wildman–Crippen LogP) is 3.91. The number of aromatic nitrogens is 2. The Bertz CT molecular complexity index is 412. The first-order valence-corrected chi connectivity index (χ1v) is 7.55. The number of nitrogens with zero attached hydrogens (tertiary/aromatic N) is 2. The molecule has 0 aliphatic rings. The van der Waals surface area contributed by atoms with E-state index in [4.69, 9.17) is 0 Å². The molecule has 0 bridgehead atoms. The maximum absolute atomic E-state index is 12.2. The second kappa shape index (κ2) is 7.07. The summed E-state index contributed by atoms with van der Waals surface area (Å²) >= 11 is 3.54. The van der Waals surface area contributed by atoms with Crippen LogP contribution in [0.2, 0.25) is 0 Å². The van der Waals surface area contributed by atoms with E-state index < -0.39 is 0 Å². The van der Waals surface area contributed by atoms with Gasteiger partial charge in [0.15, 0.2) is 0 Å². The van der Waals surface area contributed by atoms with E-state index in [2.05, 4.69) is 28.0 Å². The second-order valence-corrected chi connectivity index (χ2v) is 5.64. The zero-order valence-corrected chi connectivity index (χ0v) is 13.4. The number of hydrogen-bond donors (Lipinski definition) is 0. The van der Waals surface area contributed by atoms with Crippen LogP contribution in [0.15, 0.2) is 4.47 Å². The number of hydrogen-bond acceptors (Lipinski definition) is 2. The number of rotatable bonds is 7. The lowest BCUT2D eigenvalue weighted by Crippen LogP contribution is -2.16. The molecule has 0 aliphatic carbocycles. The molecule has 0 radical (unpaired) electrons. The van der Waals surface area contributed by atoms with E-state index in [-0.39, 0.29) is 5.92 Å². The van der Waals surface area contributed by atoms with Gasteiger partial charge < -0.3 is 0 Å². The monoisotopic (exact) mass is 314 g/mol. The molecule has 0 amide bonds. The van der Waals surface area contributed by atoms with Crippen molar-refractivity contribution in [2.75, 3.05) is 0 Å². The van der Waals surface area contributed by atoms with Gasteiger partial charge in [-0.05, 0) is 36.2 Å². The van der Waals surface area contributed by atoms with Gasteiger partial charge in [0.1, 0.15) is 5.78 Å². The molecule has 0 fully saturated rings. The molecule has 0 saturated carbocycles. The first kappa shape index (κ1) is 15.4. The van der Waals surface area contributed by atoms with Crippen molar-refractivity contribution >= 4 is 21.7 Å². The molecule has 0 spiro atoms. The van der Waals surface area contributed by atoms with Crippen LogP contribution in [-0.4, -0.2) is 15.6 Å². The molecule has 3 nitrogen and oxygen atoms in total. The van der Waals surface area contributed by atoms with Crippen molar-refractivity contribution in [1.29, 1.82) is 0 Å². The summed E-state index contributed by atoms with van der Waals surface area (Å²) in [4.78, 5) is 12.2. The molecule has 1 aromatic heterocycles. The molecule has 18 heavy (non-hydrogen) atoms. The largest absolute Gasteiger partial charge is 0.299 e.